The second-order valence-electron chi connectivity index (χ2n) is 14.2. The van der Waals surface area contributed by atoms with Crippen molar-refractivity contribution in [2.75, 3.05) is 11.5 Å². The van der Waals surface area contributed by atoms with E-state index in [1.807, 2.05) is 6.07 Å². The Balaban J connectivity index is 1.03. The first-order valence-electron chi connectivity index (χ1n) is 16.4. The fourth-order valence-electron chi connectivity index (χ4n) is 9.41. The molecule has 0 aromatic heterocycles. The molecule has 238 valence electrons. The van der Waals surface area contributed by atoms with Crippen molar-refractivity contribution in [1.29, 1.82) is 0 Å². The molecule has 8 heteroatoms. The topological polar surface area (TPSA) is 40.5 Å². The molecular formula is C34H49F5O2S. The second kappa shape index (κ2) is 12.8. The van der Waals surface area contributed by atoms with Crippen molar-refractivity contribution in [2.24, 2.45) is 28.6 Å². The summed E-state index contributed by atoms with van der Waals surface area (Å²) in [7, 11) is 0. The van der Waals surface area contributed by atoms with Gasteiger partial charge in [0.25, 0.3) is 0 Å². The van der Waals surface area contributed by atoms with Crippen molar-refractivity contribution >= 4 is 11.8 Å². The lowest BCUT2D eigenvalue weighted by Gasteiger charge is -2.55. The number of rotatable bonds is 14. The van der Waals surface area contributed by atoms with Gasteiger partial charge in [-0.2, -0.15) is 33.7 Å². The number of halogens is 5. The van der Waals surface area contributed by atoms with Crippen LogP contribution in [-0.4, -0.2) is 33.8 Å². The zero-order valence-electron chi connectivity index (χ0n) is 25.0. The SMILES string of the molecule is C[C@]12CCC3c4ccc(O)cc4[C@@H](O)[C@@H](CCCCCCCCCSCCCC(F)(F)C(F)(F)F)C3C1CCC21CC1. The van der Waals surface area contributed by atoms with Crippen LogP contribution in [0.2, 0.25) is 0 Å². The summed E-state index contributed by atoms with van der Waals surface area (Å²) in [4.78, 5) is 0. The van der Waals surface area contributed by atoms with Crippen molar-refractivity contribution in [3.8, 4) is 5.75 Å². The van der Waals surface area contributed by atoms with Gasteiger partial charge in [0.05, 0.1) is 6.10 Å². The van der Waals surface area contributed by atoms with Gasteiger partial charge in [-0.15, -0.1) is 0 Å². The maximum Gasteiger partial charge on any atom is 0.453 e. The quantitative estimate of drug-likeness (QED) is 0.161. The number of benzene rings is 1. The van der Waals surface area contributed by atoms with Gasteiger partial charge in [-0.25, -0.2) is 0 Å². The van der Waals surface area contributed by atoms with E-state index >= 15 is 0 Å². The van der Waals surface area contributed by atoms with Gasteiger partial charge in [-0.3, -0.25) is 0 Å². The minimum absolute atomic E-state index is 0.123. The maximum atomic E-state index is 12.9. The Morgan fingerprint density at radius 1 is 0.833 bits per heavy atom. The summed E-state index contributed by atoms with van der Waals surface area (Å²) < 4.78 is 62.5. The predicted molar refractivity (Wildman–Crippen MR) is 159 cm³/mol. The third kappa shape index (κ3) is 6.37. The number of unbranched alkanes of at least 4 members (excludes halogenated alkanes) is 6. The minimum atomic E-state index is -5.45. The fraction of sp³-hybridized carbons (Fsp3) is 0.824. The molecule has 1 spiro atoms. The Labute approximate surface area is 252 Å². The van der Waals surface area contributed by atoms with Crippen molar-refractivity contribution in [1.82, 2.24) is 0 Å². The molecule has 3 fully saturated rings. The highest BCUT2D eigenvalue weighted by molar-refractivity contribution is 7.99. The van der Waals surface area contributed by atoms with E-state index in [2.05, 4.69) is 13.0 Å². The highest BCUT2D eigenvalue weighted by Gasteiger charge is 2.67. The molecule has 2 nitrogen and oxygen atoms in total. The zero-order chi connectivity index (χ0) is 30.2. The Kier molecular flexibility index (Phi) is 9.84. The molecule has 4 aliphatic carbocycles. The van der Waals surface area contributed by atoms with E-state index < -0.39 is 24.6 Å². The van der Waals surface area contributed by atoms with Crippen LogP contribution in [0.1, 0.15) is 133 Å². The molecular weight excluding hydrogens is 567 g/mol. The second-order valence-corrected chi connectivity index (χ2v) is 15.4. The normalized spacial score (nSPS) is 31.5. The predicted octanol–water partition coefficient (Wildman–Crippen LogP) is 10.6. The molecule has 0 bridgehead atoms. The number of phenolic OH excluding ortho intramolecular Hbond substituents is 1. The molecule has 5 rings (SSSR count). The average Bonchev–Trinajstić information content (AvgIpc) is 3.67. The summed E-state index contributed by atoms with van der Waals surface area (Å²) in [5.74, 6) is -1.26. The highest BCUT2D eigenvalue weighted by Crippen LogP contribution is 2.76. The number of alkyl halides is 5. The molecule has 1 aromatic carbocycles. The van der Waals surface area contributed by atoms with Gasteiger partial charge >= 0.3 is 12.1 Å². The van der Waals surface area contributed by atoms with Crippen LogP contribution in [0, 0.1) is 28.6 Å². The average molecular weight is 617 g/mol. The van der Waals surface area contributed by atoms with Gasteiger partial charge in [0.15, 0.2) is 0 Å². The molecule has 42 heavy (non-hydrogen) atoms. The van der Waals surface area contributed by atoms with Crippen molar-refractivity contribution < 1.29 is 32.2 Å². The third-order valence-electron chi connectivity index (χ3n) is 11.9. The number of aromatic hydroxyl groups is 1. The summed E-state index contributed by atoms with van der Waals surface area (Å²) in [6.07, 6.45) is 9.39. The maximum absolute atomic E-state index is 12.9. The lowest BCUT2D eigenvalue weighted by atomic mass is 9.50. The Hall–Kier alpha value is -1.02. The van der Waals surface area contributed by atoms with Gasteiger partial charge < -0.3 is 10.2 Å². The lowest BCUT2D eigenvalue weighted by molar-refractivity contribution is -0.284. The van der Waals surface area contributed by atoms with Crippen molar-refractivity contribution in [3.05, 3.63) is 29.3 Å². The Bertz CT molecular complexity index is 1060. The largest absolute Gasteiger partial charge is 0.508 e. The number of phenols is 1. The van der Waals surface area contributed by atoms with E-state index in [0.29, 0.717) is 34.3 Å². The van der Waals surface area contributed by atoms with Crippen LogP contribution in [0.4, 0.5) is 22.0 Å². The smallest absolute Gasteiger partial charge is 0.453 e. The van der Waals surface area contributed by atoms with Crippen LogP contribution in [0.15, 0.2) is 18.2 Å². The number of hydrogen-bond acceptors (Lipinski definition) is 3. The van der Waals surface area contributed by atoms with E-state index in [1.54, 1.807) is 6.07 Å². The number of fused-ring (bicyclic) bond motifs is 6. The van der Waals surface area contributed by atoms with E-state index in [0.717, 1.165) is 62.7 Å². The van der Waals surface area contributed by atoms with Crippen LogP contribution in [-0.2, 0) is 0 Å². The molecule has 6 atom stereocenters. The van der Waals surface area contributed by atoms with E-state index in [-0.39, 0.29) is 18.1 Å². The molecule has 3 saturated carbocycles. The number of aliphatic hydroxyl groups excluding tert-OH is 1. The van der Waals surface area contributed by atoms with Crippen LogP contribution in [0.25, 0.3) is 0 Å². The first-order chi connectivity index (χ1) is 19.9. The molecule has 3 unspecified atom stereocenters. The van der Waals surface area contributed by atoms with Gasteiger partial charge in [-0.1, -0.05) is 51.5 Å². The minimum Gasteiger partial charge on any atom is -0.508 e. The lowest BCUT2D eigenvalue weighted by Crippen LogP contribution is -2.47. The molecule has 0 amide bonds. The van der Waals surface area contributed by atoms with E-state index in [4.69, 9.17) is 0 Å². The first kappa shape index (κ1) is 32.4. The van der Waals surface area contributed by atoms with Gasteiger partial charge in [-0.05, 0) is 127 Å². The summed E-state index contributed by atoms with van der Waals surface area (Å²) in [5.41, 5.74) is 3.20. The molecule has 0 heterocycles. The molecule has 2 N–H and O–H groups in total. The van der Waals surface area contributed by atoms with E-state index in [1.165, 1.54) is 55.9 Å². The molecule has 1 aromatic rings. The van der Waals surface area contributed by atoms with Crippen LogP contribution >= 0.6 is 11.8 Å². The molecule has 0 saturated heterocycles. The Morgan fingerprint density at radius 3 is 2.19 bits per heavy atom. The summed E-state index contributed by atoms with van der Waals surface area (Å²) >= 11 is 1.47. The standard InChI is InChI=1S/C34H49F5O2S/c1-31-16-13-25-24-12-11-23(40)22-27(24)30(41)26(29(25)28(31)14-17-32(31)18-19-32)10-7-5-3-2-4-6-8-20-42-21-9-15-33(35,36)34(37,38)39/h11-12,22,25-26,28-30,40-41H,2-10,13-21H2,1H3/t25?,26-,28?,29?,30-,31-/m0/s1. The van der Waals surface area contributed by atoms with E-state index in [9.17, 15) is 32.2 Å². The number of aliphatic hydroxyl groups is 1. The van der Waals surface area contributed by atoms with Gasteiger partial charge in [0.1, 0.15) is 5.75 Å². The Morgan fingerprint density at radius 2 is 1.50 bits per heavy atom. The molecule has 0 aliphatic heterocycles. The summed E-state index contributed by atoms with van der Waals surface area (Å²) in [5, 5.41) is 21.9. The van der Waals surface area contributed by atoms with Crippen LogP contribution in [0.3, 0.4) is 0 Å². The zero-order valence-corrected chi connectivity index (χ0v) is 25.9. The number of thioether (sulfide) groups is 1. The summed E-state index contributed by atoms with van der Waals surface area (Å²) in [6, 6.07) is 5.69. The first-order valence-corrected chi connectivity index (χ1v) is 17.6. The van der Waals surface area contributed by atoms with Gasteiger partial charge in [0, 0.05) is 6.42 Å². The van der Waals surface area contributed by atoms with Gasteiger partial charge in [0.2, 0.25) is 0 Å². The van der Waals surface area contributed by atoms with Crippen molar-refractivity contribution in [3.63, 3.8) is 0 Å². The third-order valence-corrected chi connectivity index (χ3v) is 13.1. The monoisotopic (exact) mass is 616 g/mol. The van der Waals surface area contributed by atoms with Crippen LogP contribution in [0.5, 0.6) is 5.75 Å². The molecule has 4 aliphatic rings. The highest BCUT2D eigenvalue weighted by atomic mass is 32.2. The van der Waals surface area contributed by atoms with Crippen LogP contribution < -0.4 is 0 Å². The van der Waals surface area contributed by atoms with Crippen molar-refractivity contribution in [2.45, 2.75) is 134 Å². The number of hydrogen-bond donors (Lipinski definition) is 2. The molecule has 0 radical (unpaired) electrons. The fourth-order valence-corrected chi connectivity index (χ4v) is 10.4. The summed E-state index contributed by atoms with van der Waals surface area (Å²) in [6.45, 7) is 2.56.